The summed E-state index contributed by atoms with van der Waals surface area (Å²) in [5, 5.41) is 7.36. The third kappa shape index (κ3) is 4.76. The van der Waals surface area contributed by atoms with Crippen LogP contribution in [0.3, 0.4) is 0 Å². The maximum Gasteiger partial charge on any atom is 0.130 e. The molecule has 5 heteroatoms. The summed E-state index contributed by atoms with van der Waals surface area (Å²) in [4.78, 5) is 0. The van der Waals surface area contributed by atoms with E-state index in [2.05, 4.69) is 24.0 Å². The normalized spacial score (nSPS) is 10.8. The van der Waals surface area contributed by atoms with Gasteiger partial charge < -0.3 is 15.2 Å². The van der Waals surface area contributed by atoms with E-state index in [1.165, 1.54) is 0 Å². The Balaban J connectivity index is 1.59. The Hall–Kier alpha value is -2.95. The van der Waals surface area contributed by atoms with Crippen molar-refractivity contribution in [1.82, 2.24) is 10.2 Å². The Morgan fingerprint density at radius 3 is 2.28 bits per heavy atom. The molecule has 0 radical (unpaired) electrons. The van der Waals surface area contributed by atoms with Gasteiger partial charge in [-0.3, -0.25) is 5.10 Å². The van der Waals surface area contributed by atoms with Gasteiger partial charge in [-0.05, 0) is 60.5 Å². The van der Waals surface area contributed by atoms with Gasteiger partial charge in [-0.1, -0.05) is 13.8 Å². The maximum atomic E-state index is 5.72. The fourth-order valence-corrected chi connectivity index (χ4v) is 2.29. The summed E-state index contributed by atoms with van der Waals surface area (Å²) in [6.45, 7) is 5.40. The molecule has 0 bridgehead atoms. The summed E-state index contributed by atoms with van der Waals surface area (Å²) in [5.41, 5.74) is 9.21. The van der Waals surface area contributed by atoms with Crippen molar-refractivity contribution in [3.05, 3.63) is 60.3 Å². The quantitative estimate of drug-likeness (QED) is 0.631. The Kier molecular flexibility index (Phi) is 5.23. The number of nitrogen functional groups attached to an aromatic ring is 1. The number of nitrogens with zero attached hydrogens (tertiary/aromatic N) is 1. The standard InChI is InChI=1S/C20H23N3O2/c1-14(2)12-24-18-7-3-15(4-8-18)20-11-17(22-23-20)13-25-19-9-5-16(21)6-10-19/h3-11,14H,12-13,21H2,1-2H3,(H,22,23). The molecule has 2 aromatic carbocycles. The van der Waals surface area contributed by atoms with Gasteiger partial charge >= 0.3 is 0 Å². The SMILES string of the molecule is CC(C)COc1ccc(-c2cc(COc3ccc(N)cc3)[nH]n2)cc1. The van der Waals surface area contributed by atoms with Gasteiger partial charge in [0, 0.05) is 11.3 Å². The van der Waals surface area contributed by atoms with Crippen molar-refractivity contribution in [2.45, 2.75) is 20.5 Å². The zero-order chi connectivity index (χ0) is 17.6. The molecule has 0 amide bonds. The number of ether oxygens (including phenoxy) is 2. The van der Waals surface area contributed by atoms with Gasteiger partial charge in [0.05, 0.1) is 18.0 Å². The third-order valence-corrected chi connectivity index (χ3v) is 3.64. The molecule has 1 heterocycles. The number of aromatic amines is 1. The lowest BCUT2D eigenvalue weighted by molar-refractivity contribution is 0.271. The van der Waals surface area contributed by atoms with Crippen LogP contribution in [0.5, 0.6) is 11.5 Å². The van der Waals surface area contributed by atoms with Gasteiger partial charge in [0.2, 0.25) is 0 Å². The molecular formula is C20H23N3O2. The summed E-state index contributed by atoms with van der Waals surface area (Å²) < 4.78 is 11.4. The zero-order valence-electron chi connectivity index (χ0n) is 14.5. The van der Waals surface area contributed by atoms with Crippen molar-refractivity contribution in [1.29, 1.82) is 0 Å². The first-order chi connectivity index (χ1) is 12.1. The minimum atomic E-state index is 0.423. The van der Waals surface area contributed by atoms with E-state index in [9.17, 15) is 0 Å². The summed E-state index contributed by atoms with van der Waals surface area (Å²) >= 11 is 0. The second-order valence-corrected chi connectivity index (χ2v) is 6.37. The predicted molar refractivity (Wildman–Crippen MR) is 99.5 cm³/mol. The van der Waals surface area contributed by atoms with Crippen LogP contribution in [0.1, 0.15) is 19.5 Å². The highest BCUT2D eigenvalue weighted by Gasteiger charge is 2.06. The molecule has 0 saturated heterocycles. The van der Waals surface area contributed by atoms with E-state index in [0.717, 1.165) is 34.1 Å². The van der Waals surface area contributed by atoms with E-state index in [0.29, 0.717) is 19.1 Å². The molecule has 0 aliphatic rings. The van der Waals surface area contributed by atoms with Crippen molar-refractivity contribution in [3.8, 4) is 22.8 Å². The van der Waals surface area contributed by atoms with Gasteiger partial charge in [-0.2, -0.15) is 5.10 Å². The molecule has 25 heavy (non-hydrogen) atoms. The van der Waals surface area contributed by atoms with Gasteiger partial charge in [0.25, 0.3) is 0 Å². The number of hydrogen-bond acceptors (Lipinski definition) is 4. The van der Waals surface area contributed by atoms with Gasteiger partial charge in [0.1, 0.15) is 18.1 Å². The minimum absolute atomic E-state index is 0.423. The summed E-state index contributed by atoms with van der Waals surface area (Å²) in [5.74, 6) is 2.16. The lowest BCUT2D eigenvalue weighted by atomic mass is 10.1. The molecule has 1 aromatic heterocycles. The van der Waals surface area contributed by atoms with Gasteiger partial charge in [0.15, 0.2) is 0 Å². The molecule has 130 valence electrons. The lowest BCUT2D eigenvalue weighted by Gasteiger charge is -2.08. The molecule has 0 aliphatic carbocycles. The first kappa shape index (κ1) is 16.9. The first-order valence-corrected chi connectivity index (χ1v) is 8.36. The topological polar surface area (TPSA) is 73.2 Å². The number of anilines is 1. The van der Waals surface area contributed by atoms with Crippen LogP contribution in [-0.2, 0) is 6.61 Å². The highest BCUT2D eigenvalue weighted by atomic mass is 16.5. The van der Waals surface area contributed by atoms with Crippen LogP contribution in [0.4, 0.5) is 5.69 Å². The molecule has 0 saturated carbocycles. The summed E-state index contributed by atoms with van der Waals surface area (Å²) in [7, 11) is 0. The third-order valence-electron chi connectivity index (χ3n) is 3.64. The van der Waals surface area contributed by atoms with Crippen LogP contribution < -0.4 is 15.2 Å². The van der Waals surface area contributed by atoms with Crippen LogP contribution >= 0.6 is 0 Å². The zero-order valence-corrected chi connectivity index (χ0v) is 14.5. The largest absolute Gasteiger partial charge is 0.493 e. The molecule has 3 rings (SSSR count). The second-order valence-electron chi connectivity index (χ2n) is 6.37. The predicted octanol–water partition coefficient (Wildman–Crippen LogP) is 4.27. The van der Waals surface area contributed by atoms with Crippen LogP contribution in [-0.4, -0.2) is 16.8 Å². The number of nitrogens with one attached hydrogen (secondary N) is 1. The molecule has 0 fully saturated rings. The molecule has 3 N–H and O–H groups in total. The smallest absolute Gasteiger partial charge is 0.130 e. The van der Waals surface area contributed by atoms with Crippen LogP contribution in [0.25, 0.3) is 11.3 Å². The maximum absolute atomic E-state index is 5.72. The van der Waals surface area contributed by atoms with E-state index in [1.807, 2.05) is 54.6 Å². The van der Waals surface area contributed by atoms with Crippen molar-refractivity contribution in [2.75, 3.05) is 12.3 Å². The fourth-order valence-electron chi connectivity index (χ4n) is 2.29. The highest BCUT2D eigenvalue weighted by molar-refractivity contribution is 5.60. The van der Waals surface area contributed by atoms with E-state index in [-0.39, 0.29) is 0 Å². The number of benzene rings is 2. The minimum Gasteiger partial charge on any atom is -0.493 e. The lowest BCUT2D eigenvalue weighted by Crippen LogP contribution is -2.04. The summed E-state index contributed by atoms with van der Waals surface area (Å²) in [6.07, 6.45) is 0. The summed E-state index contributed by atoms with van der Waals surface area (Å²) in [6, 6.07) is 17.3. The first-order valence-electron chi connectivity index (χ1n) is 8.36. The number of nitrogens with two attached hydrogens (primary N) is 1. The van der Waals surface area contributed by atoms with Crippen molar-refractivity contribution in [3.63, 3.8) is 0 Å². The Labute approximate surface area is 147 Å². The van der Waals surface area contributed by atoms with Gasteiger partial charge in [-0.25, -0.2) is 0 Å². The molecule has 0 unspecified atom stereocenters. The molecule has 5 nitrogen and oxygen atoms in total. The van der Waals surface area contributed by atoms with Crippen LogP contribution in [0, 0.1) is 5.92 Å². The molecule has 0 atom stereocenters. The van der Waals surface area contributed by atoms with Crippen molar-refractivity contribution in [2.24, 2.45) is 5.92 Å². The monoisotopic (exact) mass is 337 g/mol. The molecule has 3 aromatic rings. The van der Waals surface area contributed by atoms with Gasteiger partial charge in [-0.15, -0.1) is 0 Å². The fraction of sp³-hybridized carbons (Fsp3) is 0.250. The number of H-pyrrole nitrogens is 1. The Morgan fingerprint density at radius 2 is 1.60 bits per heavy atom. The highest BCUT2D eigenvalue weighted by Crippen LogP contribution is 2.22. The number of rotatable bonds is 7. The van der Waals surface area contributed by atoms with E-state index < -0.39 is 0 Å². The van der Waals surface area contributed by atoms with Crippen molar-refractivity contribution < 1.29 is 9.47 Å². The number of hydrogen-bond donors (Lipinski definition) is 2. The Bertz CT molecular complexity index is 793. The molecule has 0 spiro atoms. The van der Waals surface area contributed by atoms with E-state index in [4.69, 9.17) is 15.2 Å². The average molecular weight is 337 g/mol. The van der Waals surface area contributed by atoms with Crippen LogP contribution in [0.2, 0.25) is 0 Å². The Morgan fingerprint density at radius 1 is 0.960 bits per heavy atom. The molecular weight excluding hydrogens is 314 g/mol. The van der Waals surface area contributed by atoms with E-state index in [1.54, 1.807) is 0 Å². The number of aromatic nitrogens is 2. The second kappa shape index (κ2) is 7.75. The average Bonchev–Trinajstić information content (AvgIpc) is 3.09. The van der Waals surface area contributed by atoms with E-state index >= 15 is 0 Å². The van der Waals surface area contributed by atoms with Crippen molar-refractivity contribution >= 4 is 5.69 Å². The van der Waals surface area contributed by atoms with Crippen LogP contribution in [0.15, 0.2) is 54.6 Å². The molecule has 0 aliphatic heterocycles.